The lowest BCUT2D eigenvalue weighted by Crippen LogP contribution is -2.25. The minimum Gasteiger partial charge on any atom is -0.381 e. The van der Waals surface area contributed by atoms with Crippen molar-refractivity contribution in [1.29, 1.82) is 0 Å². The molecule has 0 atom stereocenters. The summed E-state index contributed by atoms with van der Waals surface area (Å²) in [7, 11) is 0. The van der Waals surface area contributed by atoms with Crippen molar-refractivity contribution < 1.29 is 0 Å². The Morgan fingerprint density at radius 1 is 1.27 bits per heavy atom. The topological polar surface area (TPSA) is 60.0 Å². The fourth-order valence-electron chi connectivity index (χ4n) is 2.13. The van der Waals surface area contributed by atoms with E-state index in [0.29, 0.717) is 5.82 Å². The molecule has 0 aliphatic carbocycles. The molecule has 1 aliphatic heterocycles. The molecule has 1 aliphatic rings. The van der Waals surface area contributed by atoms with E-state index >= 15 is 0 Å². The van der Waals surface area contributed by atoms with Crippen LogP contribution in [0.3, 0.4) is 0 Å². The molecule has 1 saturated heterocycles. The molecule has 0 radical (unpaired) electrons. The summed E-state index contributed by atoms with van der Waals surface area (Å²) in [4.78, 5) is 2.47. The zero-order valence-corrected chi connectivity index (χ0v) is 9.32. The molecule has 0 saturated carbocycles. The van der Waals surface area contributed by atoms with Crippen LogP contribution in [0.4, 0.5) is 5.82 Å². The van der Waals surface area contributed by atoms with Gasteiger partial charge in [-0.2, -0.15) is 0 Å². The van der Waals surface area contributed by atoms with Gasteiger partial charge in [0.1, 0.15) is 0 Å². The molecule has 0 amide bonds. The molecule has 2 heterocycles. The normalized spacial score (nSPS) is 17.4. The third kappa shape index (κ3) is 2.28. The first-order valence-electron chi connectivity index (χ1n) is 5.71. The number of nitrogens with zero attached hydrogens (tertiary/aromatic N) is 4. The van der Waals surface area contributed by atoms with Crippen LogP contribution in [0.25, 0.3) is 0 Å². The molecule has 1 aromatic heterocycles. The molecule has 15 heavy (non-hydrogen) atoms. The molecule has 1 fully saturated rings. The standard InChI is InChI=1S/C10H19N5/c1-2-9-10(11)12-13-15(9)8-7-14-5-3-4-6-14/h2-8,11H2,1H3. The van der Waals surface area contributed by atoms with Crippen molar-refractivity contribution in [3.05, 3.63) is 5.69 Å². The first-order valence-corrected chi connectivity index (χ1v) is 5.71. The van der Waals surface area contributed by atoms with E-state index in [-0.39, 0.29) is 0 Å². The van der Waals surface area contributed by atoms with Gasteiger partial charge < -0.3 is 10.6 Å². The maximum atomic E-state index is 5.73. The summed E-state index contributed by atoms with van der Waals surface area (Å²) in [5.74, 6) is 0.582. The van der Waals surface area contributed by atoms with Crippen molar-refractivity contribution in [2.75, 3.05) is 25.4 Å². The minimum absolute atomic E-state index is 0.582. The van der Waals surface area contributed by atoms with Crippen LogP contribution >= 0.6 is 0 Å². The van der Waals surface area contributed by atoms with Gasteiger partial charge in [0.2, 0.25) is 0 Å². The van der Waals surface area contributed by atoms with E-state index in [9.17, 15) is 0 Å². The van der Waals surface area contributed by atoms with Gasteiger partial charge in [-0.25, -0.2) is 4.68 Å². The number of rotatable bonds is 4. The molecular formula is C10H19N5. The Hall–Kier alpha value is -1.10. The van der Waals surface area contributed by atoms with Crippen LogP contribution in [0.5, 0.6) is 0 Å². The highest BCUT2D eigenvalue weighted by molar-refractivity contribution is 5.32. The summed E-state index contributed by atoms with van der Waals surface area (Å²) in [5.41, 5.74) is 6.79. The van der Waals surface area contributed by atoms with E-state index < -0.39 is 0 Å². The second-order valence-electron chi connectivity index (χ2n) is 4.05. The Morgan fingerprint density at radius 2 is 2.00 bits per heavy atom. The summed E-state index contributed by atoms with van der Waals surface area (Å²) in [5, 5.41) is 7.97. The van der Waals surface area contributed by atoms with E-state index in [1.165, 1.54) is 25.9 Å². The lowest BCUT2D eigenvalue weighted by Gasteiger charge is -2.14. The van der Waals surface area contributed by atoms with Crippen LogP contribution in [0.1, 0.15) is 25.5 Å². The largest absolute Gasteiger partial charge is 0.381 e. The Balaban J connectivity index is 1.92. The molecule has 1 aromatic rings. The van der Waals surface area contributed by atoms with Crippen molar-refractivity contribution in [3.63, 3.8) is 0 Å². The van der Waals surface area contributed by atoms with Crippen molar-refractivity contribution in [2.45, 2.75) is 32.7 Å². The van der Waals surface area contributed by atoms with Crippen molar-refractivity contribution in [1.82, 2.24) is 19.9 Å². The summed E-state index contributed by atoms with van der Waals surface area (Å²) >= 11 is 0. The molecule has 0 spiro atoms. The van der Waals surface area contributed by atoms with E-state index in [0.717, 1.165) is 25.2 Å². The first-order chi connectivity index (χ1) is 7.31. The zero-order valence-electron chi connectivity index (χ0n) is 9.32. The molecule has 5 heteroatoms. The third-order valence-electron chi connectivity index (χ3n) is 3.03. The lowest BCUT2D eigenvalue weighted by molar-refractivity contribution is 0.312. The average molecular weight is 209 g/mol. The Labute approximate surface area is 90.2 Å². The number of hydrogen-bond acceptors (Lipinski definition) is 4. The molecule has 0 unspecified atom stereocenters. The maximum Gasteiger partial charge on any atom is 0.169 e. The van der Waals surface area contributed by atoms with Crippen LogP contribution in [0, 0.1) is 0 Å². The Kier molecular flexibility index (Phi) is 3.20. The highest BCUT2D eigenvalue weighted by Gasteiger charge is 2.13. The number of nitrogens with two attached hydrogens (primary N) is 1. The van der Waals surface area contributed by atoms with Gasteiger partial charge >= 0.3 is 0 Å². The number of nitrogen functional groups attached to an aromatic ring is 1. The highest BCUT2D eigenvalue weighted by atomic mass is 15.4. The van der Waals surface area contributed by atoms with Gasteiger partial charge in [0, 0.05) is 6.54 Å². The van der Waals surface area contributed by atoms with Crippen LogP contribution in [-0.2, 0) is 13.0 Å². The van der Waals surface area contributed by atoms with Crippen LogP contribution in [0.15, 0.2) is 0 Å². The number of aromatic nitrogens is 3. The molecule has 2 N–H and O–H groups in total. The van der Waals surface area contributed by atoms with Gasteiger partial charge in [0.05, 0.1) is 12.2 Å². The summed E-state index contributed by atoms with van der Waals surface area (Å²) in [6.45, 7) is 6.52. The highest BCUT2D eigenvalue weighted by Crippen LogP contribution is 2.10. The smallest absolute Gasteiger partial charge is 0.169 e. The quantitative estimate of drug-likeness (QED) is 0.785. The Morgan fingerprint density at radius 3 is 2.67 bits per heavy atom. The zero-order chi connectivity index (χ0) is 10.7. The molecule has 2 rings (SSSR count). The van der Waals surface area contributed by atoms with Gasteiger partial charge in [-0.1, -0.05) is 12.1 Å². The van der Waals surface area contributed by atoms with Gasteiger partial charge in [-0.15, -0.1) is 5.10 Å². The minimum atomic E-state index is 0.582. The molecule has 5 nitrogen and oxygen atoms in total. The van der Waals surface area contributed by atoms with Crippen LogP contribution < -0.4 is 5.73 Å². The summed E-state index contributed by atoms with van der Waals surface area (Å²) in [6.07, 6.45) is 3.57. The summed E-state index contributed by atoms with van der Waals surface area (Å²) in [6, 6.07) is 0. The predicted molar refractivity (Wildman–Crippen MR) is 59.5 cm³/mol. The SMILES string of the molecule is CCc1c(N)nnn1CCN1CCCC1. The van der Waals surface area contributed by atoms with Crippen molar-refractivity contribution in [2.24, 2.45) is 0 Å². The Bertz CT molecular complexity index is 314. The molecule has 84 valence electrons. The molecular weight excluding hydrogens is 190 g/mol. The molecule has 0 aromatic carbocycles. The maximum absolute atomic E-state index is 5.73. The van der Waals surface area contributed by atoms with Gasteiger partial charge in [0.15, 0.2) is 5.82 Å². The van der Waals surface area contributed by atoms with Crippen LogP contribution in [-0.4, -0.2) is 39.5 Å². The fourth-order valence-corrected chi connectivity index (χ4v) is 2.13. The third-order valence-corrected chi connectivity index (χ3v) is 3.03. The van der Waals surface area contributed by atoms with Gasteiger partial charge in [-0.05, 0) is 32.4 Å². The van der Waals surface area contributed by atoms with Crippen molar-refractivity contribution in [3.8, 4) is 0 Å². The second kappa shape index (κ2) is 4.61. The first kappa shape index (κ1) is 10.4. The second-order valence-corrected chi connectivity index (χ2v) is 4.05. The van der Waals surface area contributed by atoms with Crippen molar-refractivity contribution >= 4 is 5.82 Å². The number of anilines is 1. The van der Waals surface area contributed by atoms with E-state index in [4.69, 9.17) is 5.73 Å². The monoisotopic (exact) mass is 209 g/mol. The number of likely N-dealkylation sites (tertiary alicyclic amines) is 1. The van der Waals surface area contributed by atoms with E-state index in [1.807, 2.05) is 4.68 Å². The predicted octanol–water partition coefficient (Wildman–Crippen LogP) is 0.518. The van der Waals surface area contributed by atoms with Crippen LogP contribution in [0.2, 0.25) is 0 Å². The van der Waals surface area contributed by atoms with Gasteiger partial charge in [-0.3, -0.25) is 0 Å². The lowest BCUT2D eigenvalue weighted by atomic mass is 10.3. The number of hydrogen-bond donors (Lipinski definition) is 1. The van der Waals surface area contributed by atoms with E-state index in [1.54, 1.807) is 0 Å². The fraction of sp³-hybridized carbons (Fsp3) is 0.800. The summed E-state index contributed by atoms with van der Waals surface area (Å²) < 4.78 is 1.94. The van der Waals surface area contributed by atoms with Gasteiger partial charge in [0.25, 0.3) is 0 Å². The van der Waals surface area contributed by atoms with E-state index in [2.05, 4.69) is 22.1 Å². The average Bonchev–Trinajstić information content (AvgIpc) is 2.84. The molecule has 0 bridgehead atoms.